The fraction of sp³-hybridized carbons (Fsp3) is 0.308. The Morgan fingerprint density at radius 2 is 2.12 bits per heavy atom. The fourth-order valence-corrected chi connectivity index (χ4v) is 1.27. The first-order valence-corrected chi connectivity index (χ1v) is 5.82. The van der Waals surface area contributed by atoms with Crippen molar-refractivity contribution in [3.63, 3.8) is 0 Å². The van der Waals surface area contributed by atoms with Gasteiger partial charge in [0.25, 0.3) is 0 Å². The number of hydrogen-bond acceptors (Lipinski definition) is 2. The molecule has 1 amide bonds. The van der Waals surface area contributed by atoms with E-state index in [-0.39, 0.29) is 18.4 Å². The molecule has 0 saturated heterocycles. The molecule has 92 valence electrons. The third-order valence-electron chi connectivity index (χ3n) is 2.23. The fourth-order valence-electron chi connectivity index (χ4n) is 1.14. The van der Waals surface area contributed by atoms with Crippen LogP contribution in [0.5, 0.6) is 0 Å². The largest absolute Gasteiger partial charge is 0.396 e. The van der Waals surface area contributed by atoms with Crippen LogP contribution >= 0.6 is 11.6 Å². The number of halogens is 1. The van der Waals surface area contributed by atoms with Gasteiger partial charge in [0, 0.05) is 24.3 Å². The minimum Gasteiger partial charge on any atom is -0.396 e. The molecule has 0 aliphatic heterocycles. The summed E-state index contributed by atoms with van der Waals surface area (Å²) >= 11 is 5.75. The quantitative estimate of drug-likeness (QED) is 0.790. The number of hydrogen-bond donors (Lipinski definition) is 2. The highest BCUT2D eigenvalue weighted by molar-refractivity contribution is 6.30. The maximum atomic E-state index is 11.4. The molecule has 0 fully saturated rings. The molecule has 17 heavy (non-hydrogen) atoms. The van der Waals surface area contributed by atoms with Crippen molar-refractivity contribution in [2.24, 2.45) is 5.92 Å². The van der Waals surface area contributed by atoms with Crippen molar-refractivity contribution in [3.05, 3.63) is 40.9 Å². The maximum Gasteiger partial charge on any atom is 0.244 e. The van der Waals surface area contributed by atoms with Crippen LogP contribution in [0.15, 0.2) is 30.3 Å². The van der Waals surface area contributed by atoms with E-state index in [0.717, 1.165) is 5.56 Å². The Balaban J connectivity index is 2.42. The molecule has 1 aromatic rings. The Kier molecular flexibility index (Phi) is 5.73. The van der Waals surface area contributed by atoms with E-state index in [1.165, 1.54) is 6.08 Å². The molecule has 0 aliphatic rings. The van der Waals surface area contributed by atoms with Crippen molar-refractivity contribution in [2.75, 3.05) is 13.2 Å². The molecule has 0 aliphatic carbocycles. The van der Waals surface area contributed by atoms with Crippen LogP contribution in [0.4, 0.5) is 0 Å². The number of benzene rings is 1. The van der Waals surface area contributed by atoms with E-state index in [9.17, 15) is 4.79 Å². The third-order valence-corrected chi connectivity index (χ3v) is 2.49. The number of carbonyl (C=O) groups excluding carboxylic acids is 1. The second-order valence-corrected chi connectivity index (χ2v) is 4.35. The number of carbonyl (C=O) groups is 1. The second-order valence-electron chi connectivity index (χ2n) is 3.92. The number of rotatable bonds is 5. The van der Waals surface area contributed by atoms with E-state index in [0.29, 0.717) is 11.6 Å². The maximum absolute atomic E-state index is 11.4. The molecular weight excluding hydrogens is 238 g/mol. The van der Waals surface area contributed by atoms with E-state index in [2.05, 4.69) is 5.32 Å². The van der Waals surface area contributed by atoms with Crippen LogP contribution in [-0.2, 0) is 4.79 Å². The van der Waals surface area contributed by atoms with E-state index in [1.54, 1.807) is 18.2 Å². The molecule has 0 heterocycles. The van der Waals surface area contributed by atoms with Crippen LogP contribution < -0.4 is 5.32 Å². The van der Waals surface area contributed by atoms with Gasteiger partial charge in [0.1, 0.15) is 0 Å². The summed E-state index contributed by atoms with van der Waals surface area (Å²) in [5.41, 5.74) is 0.916. The van der Waals surface area contributed by atoms with Crippen molar-refractivity contribution in [2.45, 2.75) is 6.92 Å². The lowest BCUT2D eigenvalue weighted by atomic mass is 10.2. The van der Waals surface area contributed by atoms with Gasteiger partial charge in [-0.3, -0.25) is 4.79 Å². The van der Waals surface area contributed by atoms with E-state index in [4.69, 9.17) is 16.7 Å². The predicted octanol–water partition coefficient (Wildman–Crippen LogP) is 2.10. The van der Waals surface area contributed by atoms with Crippen molar-refractivity contribution in [1.82, 2.24) is 5.32 Å². The molecule has 1 atom stereocenters. The van der Waals surface area contributed by atoms with Crippen LogP contribution in [0.25, 0.3) is 6.08 Å². The molecule has 1 rings (SSSR count). The third kappa shape index (κ3) is 5.52. The van der Waals surface area contributed by atoms with Gasteiger partial charge in [0.05, 0.1) is 0 Å². The van der Waals surface area contributed by atoms with Crippen LogP contribution in [0.2, 0.25) is 5.02 Å². The summed E-state index contributed by atoms with van der Waals surface area (Å²) in [4.78, 5) is 11.4. The molecule has 0 radical (unpaired) electrons. The smallest absolute Gasteiger partial charge is 0.244 e. The van der Waals surface area contributed by atoms with Gasteiger partial charge in [-0.2, -0.15) is 0 Å². The standard InChI is InChI=1S/C13H16ClNO2/c1-10(9-16)8-15-13(17)7-4-11-2-5-12(14)6-3-11/h2-7,10,16H,8-9H2,1H3,(H,15,17). The van der Waals surface area contributed by atoms with Crippen molar-refractivity contribution in [3.8, 4) is 0 Å². The van der Waals surface area contributed by atoms with Gasteiger partial charge in [-0.15, -0.1) is 0 Å². The topological polar surface area (TPSA) is 49.3 Å². The summed E-state index contributed by atoms with van der Waals surface area (Å²) in [6.45, 7) is 2.41. The summed E-state index contributed by atoms with van der Waals surface area (Å²) in [6.07, 6.45) is 3.18. The van der Waals surface area contributed by atoms with Crippen LogP contribution in [0.1, 0.15) is 12.5 Å². The lowest BCUT2D eigenvalue weighted by Crippen LogP contribution is -2.27. The van der Waals surface area contributed by atoms with Crippen molar-refractivity contribution < 1.29 is 9.90 Å². The zero-order chi connectivity index (χ0) is 12.7. The Hall–Kier alpha value is -1.32. The van der Waals surface area contributed by atoms with E-state index < -0.39 is 0 Å². The van der Waals surface area contributed by atoms with Crippen LogP contribution in [0, 0.1) is 5.92 Å². The first kappa shape index (κ1) is 13.7. The van der Waals surface area contributed by atoms with Gasteiger partial charge in [0.2, 0.25) is 5.91 Å². The predicted molar refractivity (Wildman–Crippen MR) is 69.7 cm³/mol. The number of amides is 1. The Morgan fingerprint density at radius 3 is 2.71 bits per heavy atom. The summed E-state index contributed by atoms with van der Waals surface area (Å²) in [5, 5.41) is 12.2. The average Bonchev–Trinajstić information content (AvgIpc) is 2.35. The molecule has 2 N–H and O–H groups in total. The highest BCUT2D eigenvalue weighted by Gasteiger charge is 2.01. The average molecular weight is 254 g/mol. The number of aliphatic hydroxyl groups excluding tert-OH is 1. The first-order valence-electron chi connectivity index (χ1n) is 5.44. The zero-order valence-corrected chi connectivity index (χ0v) is 10.4. The summed E-state index contributed by atoms with van der Waals surface area (Å²) in [7, 11) is 0. The monoisotopic (exact) mass is 253 g/mol. The van der Waals surface area contributed by atoms with Gasteiger partial charge in [0.15, 0.2) is 0 Å². The van der Waals surface area contributed by atoms with Crippen molar-refractivity contribution >= 4 is 23.6 Å². The lowest BCUT2D eigenvalue weighted by molar-refractivity contribution is -0.116. The van der Waals surface area contributed by atoms with Gasteiger partial charge in [-0.05, 0) is 29.7 Å². The summed E-state index contributed by atoms with van der Waals surface area (Å²) in [5.74, 6) is -0.0943. The molecule has 1 unspecified atom stereocenters. The molecule has 0 aromatic heterocycles. The summed E-state index contributed by atoms with van der Waals surface area (Å²) in [6, 6.07) is 7.21. The Bertz CT molecular complexity index is 387. The molecule has 1 aromatic carbocycles. The molecule has 0 bridgehead atoms. The highest BCUT2D eigenvalue weighted by atomic mass is 35.5. The minimum absolute atomic E-state index is 0.0706. The second kappa shape index (κ2) is 7.09. The minimum atomic E-state index is -0.166. The van der Waals surface area contributed by atoms with Crippen molar-refractivity contribution in [1.29, 1.82) is 0 Å². The van der Waals surface area contributed by atoms with Gasteiger partial charge >= 0.3 is 0 Å². The lowest BCUT2D eigenvalue weighted by Gasteiger charge is -2.07. The molecule has 0 spiro atoms. The highest BCUT2D eigenvalue weighted by Crippen LogP contribution is 2.10. The number of nitrogens with one attached hydrogen (secondary N) is 1. The molecule has 0 saturated carbocycles. The Labute approximate surface area is 106 Å². The molecular formula is C13H16ClNO2. The Morgan fingerprint density at radius 1 is 1.47 bits per heavy atom. The van der Waals surface area contributed by atoms with Gasteiger partial charge in [-0.25, -0.2) is 0 Å². The van der Waals surface area contributed by atoms with E-state index in [1.807, 2.05) is 19.1 Å². The normalized spacial score (nSPS) is 12.6. The summed E-state index contributed by atoms with van der Waals surface area (Å²) < 4.78 is 0. The SMILES string of the molecule is CC(CO)CNC(=O)C=Cc1ccc(Cl)cc1. The van der Waals surface area contributed by atoms with E-state index >= 15 is 0 Å². The van der Waals surface area contributed by atoms with Crippen LogP contribution in [-0.4, -0.2) is 24.2 Å². The number of aliphatic hydroxyl groups is 1. The molecule has 3 nitrogen and oxygen atoms in total. The molecule has 4 heteroatoms. The first-order chi connectivity index (χ1) is 8.11. The van der Waals surface area contributed by atoms with Crippen LogP contribution in [0.3, 0.4) is 0 Å². The van der Waals surface area contributed by atoms with Gasteiger partial charge in [-0.1, -0.05) is 30.7 Å². The zero-order valence-electron chi connectivity index (χ0n) is 9.69. The van der Waals surface area contributed by atoms with Gasteiger partial charge < -0.3 is 10.4 Å².